The first kappa shape index (κ1) is 12.0. The number of nitrogens with zero attached hydrogens (tertiary/aromatic N) is 1. The molecule has 0 atom stereocenters. The molecule has 4 nitrogen and oxygen atoms in total. The van der Waals surface area contributed by atoms with Crippen LogP contribution < -0.4 is 4.74 Å². The monoisotopic (exact) mass is 241 g/mol. The Kier molecular flexibility index (Phi) is 3.48. The molecule has 1 heterocycles. The third-order valence-corrected chi connectivity index (χ3v) is 2.46. The highest BCUT2D eigenvalue weighted by Crippen LogP contribution is 2.14. The summed E-state index contributed by atoms with van der Waals surface area (Å²) in [5, 5.41) is 0. The van der Waals surface area contributed by atoms with Gasteiger partial charge in [-0.15, -0.1) is 0 Å². The first-order valence-electron chi connectivity index (χ1n) is 5.35. The molecule has 0 saturated carbocycles. The van der Waals surface area contributed by atoms with Gasteiger partial charge in [-0.2, -0.15) is 0 Å². The average molecular weight is 241 g/mol. The number of hydrogen-bond donors (Lipinski definition) is 0. The minimum atomic E-state index is -0.573. The molecule has 0 amide bonds. The van der Waals surface area contributed by atoms with Crippen LogP contribution in [0.4, 0.5) is 0 Å². The summed E-state index contributed by atoms with van der Waals surface area (Å²) in [5.41, 5.74) is 0.591. The fourth-order valence-corrected chi connectivity index (χ4v) is 1.52. The zero-order valence-corrected chi connectivity index (χ0v) is 9.79. The smallest absolute Gasteiger partial charge is 0.235 e. The van der Waals surface area contributed by atoms with E-state index in [-0.39, 0.29) is 5.56 Å². The summed E-state index contributed by atoms with van der Waals surface area (Å²) in [6, 6.07) is 9.68. The van der Waals surface area contributed by atoms with Gasteiger partial charge in [-0.25, -0.2) is 0 Å². The molecule has 0 aliphatic heterocycles. The number of benzene rings is 1. The fourth-order valence-electron chi connectivity index (χ4n) is 1.52. The minimum absolute atomic E-state index is 0.283. The van der Waals surface area contributed by atoms with E-state index in [0.717, 1.165) is 0 Å². The van der Waals surface area contributed by atoms with Gasteiger partial charge in [-0.05, 0) is 24.3 Å². The van der Waals surface area contributed by atoms with Gasteiger partial charge in [0.1, 0.15) is 5.75 Å². The van der Waals surface area contributed by atoms with Crippen molar-refractivity contribution in [1.82, 2.24) is 4.98 Å². The number of Topliss-reactive ketones (excluding diaryl/α,β-unsaturated/α-hetero) is 2. The fraction of sp³-hybridized carbons (Fsp3) is 0.0714. The van der Waals surface area contributed by atoms with Crippen molar-refractivity contribution in [2.75, 3.05) is 7.11 Å². The third kappa shape index (κ3) is 2.43. The Labute approximate surface area is 104 Å². The Hall–Kier alpha value is -2.49. The van der Waals surface area contributed by atoms with Crippen LogP contribution in [0.3, 0.4) is 0 Å². The summed E-state index contributed by atoms with van der Waals surface area (Å²) < 4.78 is 5.01. The van der Waals surface area contributed by atoms with E-state index in [1.165, 1.54) is 19.4 Å². The molecule has 90 valence electrons. The van der Waals surface area contributed by atoms with Gasteiger partial charge < -0.3 is 4.74 Å². The highest BCUT2D eigenvalue weighted by Gasteiger charge is 2.18. The molecule has 0 aliphatic carbocycles. The van der Waals surface area contributed by atoms with E-state index in [1.807, 2.05) is 0 Å². The van der Waals surface area contributed by atoms with E-state index < -0.39 is 11.6 Å². The zero-order chi connectivity index (χ0) is 13.0. The van der Waals surface area contributed by atoms with E-state index in [0.29, 0.717) is 11.3 Å². The molecule has 0 N–H and O–H groups in total. The molecule has 0 saturated heterocycles. The Morgan fingerprint density at radius 2 is 1.78 bits per heavy atom. The Morgan fingerprint density at radius 3 is 2.44 bits per heavy atom. The molecule has 0 bridgehead atoms. The van der Waals surface area contributed by atoms with Crippen molar-refractivity contribution in [2.24, 2.45) is 0 Å². The molecule has 1 aromatic carbocycles. The van der Waals surface area contributed by atoms with E-state index in [2.05, 4.69) is 4.98 Å². The number of rotatable bonds is 4. The number of methoxy groups -OCH3 is 1. The molecule has 0 unspecified atom stereocenters. The van der Waals surface area contributed by atoms with Crippen LogP contribution in [0.2, 0.25) is 0 Å². The number of aromatic nitrogens is 1. The minimum Gasteiger partial charge on any atom is -0.497 e. The summed E-state index contributed by atoms with van der Waals surface area (Å²) >= 11 is 0. The molecule has 0 radical (unpaired) electrons. The summed E-state index contributed by atoms with van der Waals surface area (Å²) in [6.07, 6.45) is 2.92. The summed E-state index contributed by atoms with van der Waals surface area (Å²) in [4.78, 5) is 27.7. The van der Waals surface area contributed by atoms with Gasteiger partial charge >= 0.3 is 0 Å². The number of ketones is 2. The second-order valence-corrected chi connectivity index (χ2v) is 3.63. The average Bonchev–Trinajstić information content (AvgIpc) is 2.46. The molecule has 0 fully saturated rings. The quantitative estimate of drug-likeness (QED) is 0.608. The molecule has 18 heavy (non-hydrogen) atoms. The van der Waals surface area contributed by atoms with Crippen molar-refractivity contribution < 1.29 is 14.3 Å². The number of carbonyl (C=O) groups excluding carboxylic acids is 2. The van der Waals surface area contributed by atoms with E-state index in [9.17, 15) is 9.59 Å². The van der Waals surface area contributed by atoms with Crippen molar-refractivity contribution in [3.63, 3.8) is 0 Å². The molecule has 4 heteroatoms. The highest BCUT2D eigenvalue weighted by molar-refractivity contribution is 6.49. The molecule has 0 aliphatic rings. The predicted octanol–water partition coefficient (Wildman–Crippen LogP) is 2.16. The highest BCUT2D eigenvalue weighted by atomic mass is 16.5. The van der Waals surface area contributed by atoms with Crippen LogP contribution in [0.15, 0.2) is 48.8 Å². The topological polar surface area (TPSA) is 56.3 Å². The zero-order valence-electron chi connectivity index (χ0n) is 9.79. The first-order valence-corrected chi connectivity index (χ1v) is 5.35. The van der Waals surface area contributed by atoms with Crippen molar-refractivity contribution in [3.8, 4) is 5.75 Å². The molecular weight excluding hydrogens is 230 g/mol. The van der Waals surface area contributed by atoms with Crippen LogP contribution in [-0.4, -0.2) is 23.7 Å². The third-order valence-electron chi connectivity index (χ3n) is 2.46. The summed E-state index contributed by atoms with van der Waals surface area (Å²) in [6.45, 7) is 0. The van der Waals surface area contributed by atoms with Gasteiger partial charge in [-0.3, -0.25) is 14.6 Å². The molecule has 2 aromatic rings. The lowest BCUT2D eigenvalue weighted by atomic mass is 10.0. The first-order chi connectivity index (χ1) is 8.72. The Bertz CT molecular complexity index is 579. The predicted molar refractivity (Wildman–Crippen MR) is 65.9 cm³/mol. The number of carbonyl (C=O) groups is 2. The van der Waals surface area contributed by atoms with Crippen LogP contribution in [-0.2, 0) is 0 Å². The van der Waals surface area contributed by atoms with Crippen LogP contribution in [0.5, 0.6) is 5.75 Å². The van der Waals surface area contributed by atoms with Gasteiger partial charge in [0.2, 0.25) is 11.6 Å². The SMILES string of the molecule is COc1cccc(C(=O)C(=O)c2cccnc2)c1. The Morgan fingerprint density at radius 1 is 1.06 bits per heavy atom. The van der Waals surface area contributed by atoms with Gasteiger partial charge in [0.15, 0.2) is 0 Å². The van der Waals surface area contributed by atoms with Crippen molar-refractivity contribution in [3.05, 3.63) is 59.9 Å². The van der Waals surface area contributed by atoms with Gasteiger partial charge in [0.05, 0.1) is 7.11 Å². The van der Waals surface area contributed by atoms with Crippen LogP contribution in [0.1, 0.15) is 20.7 Å². The Balaban J connectivity index is 2.29. The second kappa shape index (κ2) is 5.23. The van der Waals surface area contributed by atoms with Gasteiger partial charge in [-0.1, -0.05) is 12.1 Å². The summed E-state index contributed by atoms with van der Waals surface area (Å²) in [5.74, 6) is -0.599. The number of hydrogen-bond acceptors (Lipinski definition) is 4. The maximum absolute atomic E-state index is 12.0. The largest absolute Gasteiger partial charge is 0.497 e. The number of ether oxygens (including phenoxy) is 1. The summed E-state index contributed by atoms with van der Waals surface area (Å²) in [7, 11) is 1.51. The number of pyridine rings is 1. The second-order valence-electron chi connectivity index (χ2n) is 3.63. The lowest BCUT2D eigenvalue weighted by molar-refractivity contribution is 0.0816. The van der Waals surface area contributed by atoms with Gasteiger partial charge in [0.25, 0.3) is 0 Å². The van der Waals surface area contributed by atoms with E-state index in [1.54, 1.807) is 36.5 Å². The van der Waals surface area contributed by atoms with E-state index >= 15 is 0 Å². The van der Waals surface area contributed by atoms with Crippen LogP contribution in [0.25, 0.3) is 0 Å². The van der Waals surface area contributed by atoms with Crippen LogP contribution in [0, 0.1) is 0 Å². The maximum Gasteiger partial charge on any atom is 0.235 e. The maximum atomic E-state index is 12.0. The normalized spacial score (nSPS) is 9.83. The lowest BCUT2D eigenvalue weighted by Crippen LogP contribution is -2.14. The molecule has 2 rings (SSSR count). The molecular formula is C14H11NO3. The molecule has 0 spiro atoms. The van der Waals surface area contributed by atoms with E-state index in [4.69, 9.17) is 4.74 Å². The lowest BCUT2D eigenvalue weighted by Gasteiger charge is -2.03. The molecule has 1 aromatic heterocycles. The van der Waals surface area contributed by atoms with Crippen molar-refractivity contribution in [2.45, 2.75) is 0 Å². The van der Waals surface area contributed by atoms with Crippen molar-refractivity contribution >= 4 is 11.6 Å². The van der Waals surface area contributed by atoms with Gasteiger partial charge in [0, 0.05) is 23.5 Å². The van der Waals surface area contributed by atoms with Crippen molar-refractivity contribution in [1.29, 1.82) is 0 Å². The van der Waals surface area contributed by atoms with Crippen LogP contribution >= 0.6 is 0 Å². The standard InChI is InChI=1S/C14H11NO3/c1-18-12-6-2-4-10(8-12)13(16)14(17)11-5-3-7-15-9-11/h2-9H,1H3.